The van der Waals surface area contributed by atoms with Gasteiger partial charge in [0.05, 0.1) is 29.8 Å². The summed E-state index contributed by atoms with van der Waals surface area (Å²) >= 11 is 6.14. The largest absolute Gasteiger partial charge is 0.330 e. The molecule has 33 heavy (non-hydrogen) atoms. The highest BCUT2D eigenvalue weighted by Crippen LogP contribution is 2.43. The number of carbonyl (C=O) groups excluding carboxylic acids is 2. The van der Waals surface area contributed by atoms with Gasteiger partial charge in [-0.15, -0.1) is 0 Å². The Morgan fingerprint density at radius 3 is 2.70 bits per heavy atom. The number of amides is 2. The van der Waals surface area contributed by atoms with Gasteiger partial charge in [-0.2, -0.15) is 10.4 Å². The van der Waals surface area contributed by atoms with Crippen LogP contribution in [0, 0.1) is 17.2 Å². The summed E-state index contributed by atoms with van der Waals surface area (Å²) in [5.74, 6) is -0.866. The van der Waals surface area contributed by atoms with E-state index >= 15 is 0 Å². The molecule has 8 heteroatoms. The van der Waals surface area contributed by atoms with Crippen molar-refractivity contribution < 1.29 is 9.59 Å². The van der Waals surface area contributed by atoms with Gasteiger partial charge in [0.2, 0.25) is 5.91 Å². The Labute approximate surface area is 197 Å². The number of carbonyl (C=O) groups is 2. The highest BCUT2D eigenvalue weighted by molar-refractivity contribution is 6.31. The van der Waals surface area contributed by atoms with Crippen molar-refractivity contribution in [2.45, 2.75) is 25.8 Å². The lowest BCUT2D eigenvalue weighted by atomic mass is 9.79. The molecule has 1 aliphatic rings. The summed E-state index contributed by atoms with van der Waals surface area (Å²) < 4.78 is 1.67. The van der Waals surface area contributed by atoms with Crippen molar-refractivity contribution in [1.82, 2.24) is 14.7 Å². The van der Waals surface area contributed by atoms with Gasteiger partial charge in [0, 0.05) is 41.6 Å². The van der Waals surface area contributed by atoms with E-state index in [1.807, 2.05) is 38.2 Å². The van der Waals surface area contributed by atoms with Gasteiger partial charge in [-0.3, -0.25) is 14.3 Å². The molecule has 2 heterocycles. The van der Waals surface area contributed by atoms with Crippen LogP contribution in [0.15, 0.2) is 54.9 Å². The highest BCUT2D eigenvalue weighted by Gasteiger charge is 2.44. The van der Waals surface area contributed by atoms with Gasteiger partial charge >= 0.3 is 0 Å². The summed E-state index contributed by atoms with van der Waals surface area (Å²) in [6, 6.07) is 13.5. The van der Waals surface area contributed by atoms with Crippen LogP contribution in [-0.4, -0.2) is 33.0 Å². The maximum absolute atomic E-state index is 13.8. The molecule has 0 saturated carbocycles. The predicted octanol–water partition coefficient (Wildman–Crippen LogP) is 4.52. The van der Waals surface area contributed by atoms with Crippen LogP contribution in [-0.2, 0) is 11.8 Å². The number of aryl methyl sites for hydroxylation is 1. The first kappa shape index (κ1) is 22.6. The number of nitrogens with zero attached hydrogens (tertiary/aromatic N) is 4. The number of nitriles is 1. The molecule has 1 aromatic heterocycles. The number of aromatic nitrogens is 2. The van der Waals surface area contributed by atoms with E-state index in [2.05, 4.69) is 10.4 Å². The molecule has 0 bridgehead atoms. The summed E-state index contributed by atoms with van der Waals surface area (Å²) in [6.07, 6.45) is 3.54. The van der Waals surface area contributed by atoms with Crippen LogP contribution in [0.4, 0.5) is 5.69 Å². The lowest BCUT2D eigenvalue weighted by Crippen LogP contribution is -2.47. The van der Waals surface area contributed by atoms with Crippen molar-refractivity contribution in [2.24, 2.45) is 13.0 Å². The normalized spacial score (nSPS) is 17.6. The number of fused-ring (bicyclic) bond motifs is 1. The van der Waals surface area contributed by atoms with Crippen molar-refractivity contribution in [3.05, 3.63) is 82.1 Å². The molecule has 2 atom stereocenters. The second kappa shape index (κ2) is 9.08. The van der Waals surface area contributed by atoms with Crippen LogP contribution in [0.1, 0.15) is 52.9 Å². The fourth-order valence-corrected chi connectivity index (χ4v) is 4.62. The SMILES string of the molecule is CC(C)CN1C(=O)c2ccccc2C(C(=O)Nc2cc(Cl)cc(C#N)c2)C1c1cnn(C)c1. The monoisotopic (exact) mass is 461 g/mol. The van der Waals surface area contributed by atoms with Gasteiger partial charge < -0.3 is 10.2 Å². The Hall–Kier alpha value is -3.63. The summed E-state index contributed by atoms with van der Waals surface area (Å²) in [6.45, 7) is 4.57. The number of halogens is 1. The molecule has 0 fully saturated rings. The number of hydrogen-bond acceptors (Lipinski definition) is 4. The van der Waals surface area contributed by atoms with Gasteiger partial charge in [-0.1, -0.05) is 43.6 Å². The van der Waals surface area contributed by atoms with E-state index in [0.29, 0.717) is 33.9 Å². The molecule has 2 aromatic carbocycles. The predicted molar refractivity (Wildman–Crippen MR) is 126 cm³/mol. The van der Waals surface area contributed by atoms with Crippen molar-refractivity contribution in [3.8, 4) is 6.07 Å². The molecule has 1 N–H and O–H groups in total. The Morgan fingerprint density at radius 2 is 2.03 bits per heavy atom. The Kier molecular flexibility index (Phi) is 6.21. The Morgan fingerprint density at radius 1 is 1.27 bits per heavy atom. The van der Waals surface area contributed by atoms with Crippen molar-refractivity contribution in [3.63, 3.8) is 0 Å². The maximum atomic E-state index is 13.8. The van der Waals surface area contributed by atoms with Gasteiger partial charge in [0.15, 0.2) is 0 Å². The average molecular weight is 462 g/mol. The van der Waals surface area contributed by atoms with Crippen LogP contribution in [0.25, 0.3) is 0 Å². The van der Waals surface area contributed by atoms with Crippen LogP contribution < -0.4 is 5.32 Å². The van der Waals surface area contributed by atoms with Crippen LogP contribution in [0.5, 0.6) is 0 Å². The summed E-state index contributed by atoms with van der Waals surface area (Å²) in [7, 11) is 1.80. The molecule has 0 radical (unpaired) electrons. The zero-order chi connectivity index (χ0) is 23.7. The van der Waals surface area contributed by atoms with E-state index in [9.17, 15) is 14.9 Å². The topological polar surface area (TPSA) is 91.0 Å². The molecule has 0 aliphatic carbocycles. The van der Waals surface area contributed by atoms with Crippen LogP contribution >= 0.6 is 11.6 Å². The van der Waals surface area contributed by atoms with E-state index in [1.165, 1.54) is 6.07 Å². The average Bonchev–Trinajstić information content (AvgIpc) is 3.20. The van der Waals surface area contributed by atoms with Gasteiger partial charge in [0.1, 0.15) is 0 Å². The lowest BCUT2D eigenvalue weighted by Gasteiger charge is -2.42. The van der Waals surface area contributed by atoms with Gasteiger partial charge in [-0.25, -0.2) is 0 Å². The highest BCUT2D eigenvalue weighted by atomic mass is 35.5. The molecule has 2 unspecified atom stereocenters. The molecule has 168 valence electrons. The molecular weight excluding hydrogens is 438 g/mol. The lowest BCUT2D eigenvalue weighted by molar-refractivity contribution is -0.119. The first-order valence-electron chi connectivity index (χ1n) is 10.7. The Balaban J connectivity index is 1.83. The fourth-order valence-electron chi connectivity index (χ4n) is 4.38. The molecule has 1 aliphatic heterocycles. The molecule has 0 spiro atoms. The summed E-state index contributed by atoms with van der Waals surface area (Å²) in [5, 5.41) is 16.8. The van der Waals surface area contributed by atoms with Crippen molar-refractivity contribution >= 4 is 29.1 Å². The van der Waals surface area contributed by atoms with E-state index in [0.717, 1.165) is 5.56 Å². The fraction of sp³-hybridized carbons (Fsp3) is 0.280. The zero-order valence-electron chi connectivity index (χ0n) is 18.6. The van der Waals surface area contributed by atoms with E-state index in [-0.39, 0.29) is 17.7 Å². The number of anilines is 1. The zero-order valence-corrected chi connectivity index (χ0v) is 19.4. The molecule has 4 rings (SSSR count). The second-order valence-electron chi connectivity index (χ2n) is 8.64. The number of benzene rings is 2. The van der Waals surface area contributed by atoms with Crippen LogP contribution in [0.3, 0.4) is 0 Å². The molecule has 3 aromatic rings. The number of rotatable bonds is 5. The summed E-state index contributed by atoms with van der Waals surface area (Å²) in [4.78, 5) is 29.0. The maximum Gasteiger partial charge on any atom is 0.254 e. The third kappa shape index (κ3) is 4.48. The van der Waals surface area contributed by atoms with Crippen molar-refractivity contribution in [1.29, 1.82) is 5.26 Å². The minimum Gasteiger partial charge on any atom is -0.330 e. The van der Waals surface area contributed by atoms with E-state index in [1.54, 1.807) is 47.1 Å². The smallest absolute Gasteiger partial charge is 0.254 e. The second-order valence-corrected chi connectivity index (χ2v) is 9.07. The third-order valence-corrected chi connectivity index (χ3v) is 5.86. The quantitative estimate of drug-likeness (QED) is 0.604. The number of hydrogen-bond donors (Lipinski definition) is 1. The van der Waals surface area contributed by atoms with Gasteiger partial charge in [0.25, 0.3) is 5.91 Å². The molecule has 7 nitrogen and oxygen atoms in total. The minimum atomic E-state index is -0.675. The molecule has 0 saturated heterocycles. The first-order valence-corrected chi connectivity index (χ1v) is 11.1. The minimum absolute atomic E-state index is 0.105. The van der Waals surface area contributed by atoms with E-state index in [4.69, 9.17) is 11.6 Å². The Bertz CT molecular complexity index is 1260. The van der Waals surface area contributed by atoms with Crippen LogP contribution in [0.2, 0.25) is 5.02 Å². The molecular formula is C25H24ClN5O2. The standard InChI is InChI=1S/C25H24ClN5O2/c1-15(2)13-31-23(17-12-28-30(3)14-17)22(20-6-4-5-7-21(20)25(31)33)24(32)29-19-9-16(11-27)8-18(26)10-19/h4-10,12,14-15,22-23H,13H2,1-3H3,(H,29,32). The summed E-state index contributed by atoms with van der Waals surface area (Å²) in [5.41, 5.74) is 2.74. The molecule has 2 amide bonds. The number of nitrogens with one attached hydrogen (secondary N) is 1. The first-order chi connectivity index (χ1) is 15.8. The van der Waals surface area contributed by atoms with Gasteiger partial charge in [-0.05, 0) is 35.7 Å². The van der Waals surface area contributed by atoms with Crippen molar-refractivity contribution in [2.75, 3.05) is 11.9 Å². The third-order valence-electron chi connectivity index (χ3n) is 5.64. The van der Waals surface area contributed by atoms with E-state index < -0.39 is 12.0 Å².